The Morgan fingerprint density at radius 1 is 1.37 bits per heavy atom. The summed E-state index contributed by atoms with van der Waals surface area (Å²) >= 11 is 0. The average Bonchev–Trinajstić information content (AvgIpc) is 3.05. The first kappa shape index (κ1) is 13.8. The van der Waals surface area contributed by atoms with Crippen LogP contribution in [0.5, 0.6) is 0 Å². The third kappa shape index (κ3) is 3.66. The average molecular weight is 283 g/mol. The van der Waals surface area contributed by atoms with Crippen molar-refractivity contribution in [1.29, 1.82) is 0 Å². The molecule has 0 fully saturated rings. The Labute approximate surface area is 111 Å². The van der Waals surface area contributed by atoms with Gasteiger partial charge in [-0.1, -0.05) is 0 Å². The molecule has 2 rings (SSSR count). The topological polar surface area (TPSA) is 117 Å². The van der Waals surface area contributed by atoms with Gasteiger partial charge in [-0.15, -0.1) is 0 Å². The van der Waals surface area contributed by atoms with E-state index in [1.807, 2.05) is 0 Å². The van der Waals surface area contributed by atoms with Gasteiger partial charge < -0.3 is 15.7 Å². The van der Waals surface area contributed by atoms with E-state index in [0.717, 1.165) is 5.82 Å². The van der Waals surface area contributed by atoms with Crippen molar-refractivity contribution in [2.75, 3.05) is 6.54 Å². The minimum Gasteiger partial charge on any atom is -0.363 e. The summed E-state index contributed by atoms with van der Waals surface area (Å²) in [7, 11) is -3.46. The minimum absolute atomic E-state index is 0.214. The smallest absolute Gasteiger partial charge is 0.242 e. The van der Waals surface area contributed by atoms with Crippen LogP contribution >= 0.6 is 0 Å². The van der Waals surface area contributed by atoms with E-state index in [0.29, 0.717) is 25.1 Å². The van der Waals surface area contributed by atoms with E-state index in [2.05, 4.69) is 19.7 Å². The molecule has 2 aromatic heterocycles. The quantitative estimate of drug-likeness (QED) is 0.539. The van der Waals surface area contributed by atoms with Crippen molar-refractivity contribution in [2.45, 2.75) is 24.3 Å². The second-order valence-electron chi connectivity index (χ2n) is 4.10. The van der Waals surface area contributed by atoms with E-state index < -0.39 is 10.0 Å². The summed E-state index contributed by atoms with van der Waals surface area (Å²) in [6, 6.07) is 1.54. The number of imidazole rings is 1. The SMILES string of the molecule is NCc1cc(S(=O)(=O)NCCCc2ncc[nH]2)c[nH]1. The number of sulfonamides is 1. The molecule has 5 N–H and O–H groups in total. The Balaban J connectivity index is 1.84. The molecule has 0 saturated carbocycles. The highest BCUT2D eigenvalue weighted by Crippen LogP contribution is 2.10. The van der Waals surface area contributed by atoms with Crippen molar-refractivity contribution in [3.8, 4) is 0 Å². The lowest BCUT2D eigenvalue weighted by atomic mass is 10.3. The second-order valence-corrected chi connectivity index (χ2v) is 5.87. The van der Waals surface area contributed by atoms with Gasteiger partial charge in [-0.2, -0.15) is 0 Å². The summed E-state index contributed by atoms with van der Waals surface area (Å²) in [5, 5.41) is 0. The van der Waals surface area contributed by atoms with E-state index in [4.69, 9.17) is 5.73 Å². The highest BCUT2D eigenvalue weighted by molar-refractivity contribution is 7.89. The lowest BCUT2D eigenvalue weighted by Gasteiger charge is -2.03. The number of nitrogens with one attached hydrogen (secondary N) is 3. The van der Waals surface area contributed by atoms with Gasteiger partial charge in [0.15, 0.2) is 0 Å². The summed E-state index contributed by atoms with van der Waals surface area (Å²) in [6.45, 7) is 0.653. The number of aryl methyl sites for hydroxylation is 1. The van der Waals surface area contributed by atoms with Gasteiger partial charge in [0.1, 0.15) is 5.82 Å². The first-order valence-electron chi connectivity index (χ1n) is 5.97. The number of rotatable bonds is 7. The number of hydrogen-bond acceptors (Lipinski definition) is 4. The summed E-state index contributed by atoms with van der Waals surface area (Å²) in [6.07, 6.45) is 6.25. The van der Waals surface area contributed by atoms with Gasteiger partial charge in [0.05, 0.1) is 4.90 Å². The predicted molar refractivity (Wildman–Crippen MR) is 70.8 cm³/mol. The molecule has 0 aromatic carbocycles. The molecule has 0 amide bonds. The highest BCUT2D eigenvalue weighted by atomic mass is 32.2. The summed E-state index contributed by atoms with van der Waals surface area (Å²) in [5.74, 6) is 0.853. The molecule has 0 aliphatic carbocycles. The van der Waals surface area contributed by atoms with Crippen LogP contribution in [0, 0.1) is 0 Å². The van der Waals surface area contributed by atoms with Crippen LogP contribution in [0.1, 0.15) is 17.9 Å². The second kappa shape index (κ2) is 6.00. The van der Waals surface area contributed by atoms with Gasteiger partial charge in [0, 0.05) is 43.8 Å². The number of nitrogens with zero attached hydrogens (tertiary/aromatic N) is 1. The molecule has 104 valence electrons. The Morgan fingerprint density at radius 2 is 2.21 bits per heavy atom. The first-order valence-corrected chi connectivity index (χ1v) is 7.45. The molecule has 8 heteroatoms. The van der Waals surface area contributed by atoms with Gasteiger partial charge in [0.2, 0.25) is 10.0 Å². The van der Waals surface area contributed by atoms with Crippen LogP contribution in [-0.2, 0) is 23.0 Å². The number of hydrogen-bond donors (Lipinski definition) is 4. The molecule has 19 heavy (non-hydrogen) atoms. The normalized spacial score (nSPS) is 11.8. The minimum atomic E-state index is -3.46. The maximum atomic E-state index is 11.9. The molecule has 0 aliphatic heterocycles. The van der Waals surface area contributed by atoms with E-state index in [9.17, 15) is 8.42 Å². The Bertz CT molecular complexity index is 603. The fourth-order valence-electron chi connectivity index (χ4n) is 1.67. The van der Waals surface area contributed by atoms with Crippen molar-refractivity contribution in [2.24, 2.45) is 5.73 Å². The summed E-state index contributed by atoms with van der Waals surface area (Å²) in [5.41, 5.74) is 6.12. The van der Waals surface area contributed by atoms with Crippen LogP contribution in [0.15, 0.2) is 29.6 Å². The number of aromatic nitrogens is 3. The summed E-state index contributed by atoms with van der Waals surface area (Å²) < 4.78 is 26.4. The molecule has 2 aromatic rings. The number of aromatic amines is 2. The van der Waals surface area contributed by atoms with Crippen molar-refractivity contribution in [3.63, 3.8) is 0 Å². The lowest BCUT2D eigenvalue weighted by Crippen LogP contribution is -2.24. The fraction of sp³-hybridized carbons (Fsp3) is 0.364. The van der Waals surface area contributed by atoms with E-state index in [-0.39, 0.29) is 11.4 Å². The van der Waals surface area contributed by atoms with Gasteiger partial charge in [-0.05, 0) is 12.5 Å². The van der Waals surface area contributed by atoms with Crippen molar-refractivity contribution in [3.05, 3.63) is 36.2 Å². The molecular formula is C11H17N5O2S. The van der Waals surface area contributed by atoms with Crippen LogP contribution < -0.4 is 10.5 Å². The zero-order valence-electron chi connectivity index (χ0n) is 10.4. The maximum absolute atomic E-state index is 11.9. The zero-order chi connectivity index (χ0) is 13.7. The van der Waals surface area contributed by atoms with Gasteiger partial charge >= 0.3 is 0 Å². The zero-order valence-corrected chi connectivity index (χ0v) is 11.2. The van der Waals surface area contributed by atoms with Crippen molar-refractivity contribution in [1.82, 2.24) is 19.7 Å². The Kier molecular flexibility index (Phi) is 4.35. The van der Waals surface area contributed by atoms with Gasteiger partial charge in [-0.3, -0.25) is 0 Å². The van der Waals surface area contributed by atoms with Gasteiger partial charge in [0.25, 0.3) is 0 Å². The largest absolute Gasteiger partial charge is 0.363 e. The Hall–Kier alpha value is -1.64. The van der Waals surface area contributed by atoms with Crippen LogP contribution in [-0.4, -0.2) is 29.9 Å². The van der Waals surface area contributed by atoms with E-state index >= 15 is 0 Å². The lowest BCUT2D eigenvalue weighted by molar-refractivity contribution is 0.578. The molecule has 0 saturated heterocycles. The molecule has 7 nitrogen and oxygen atoms in total. The molecule has 0 unspecified atom stereocenters. The maximum Gasteiger partial charge on any atom is 0.242 e. The van der Waals surface area contributed by atoms with E-state index in [1.54, 1.807) is 12.4 Å². The molecule has 0 atom stereocenters. The van der Waals surface area contributed by atoms with Crippen LogP contribution in [0.25, 0.3) is 0 Å². The summed E-state index contributed by atoms with van der Waals surface area (Å²) in [4.78, 5) is 10.1. The van der Waals surface area contributed by atoms with Gasteiger partial charge in [-0.25, -0.2) is 18.1 Å². The molecule has 0 aliphatic rings. The third-order valence-corrected chi connectivity index (χ3v) is 4.12. The predicted octanol–water partition coefficient (Wildman–Crippen LogP) is 0.108. The molecule has 0 bridgehead atoms. The molecule has 2 heterocycles. The third-order valence-electron chi connectivity index (χ3n) is 2.68. The van der Waals surface area contributed by atoms with Crippen LogP contribution in [0.4, 0.5) is 0 Å². The molecule has 0 radical (unpaired) electrons. The highest BCUT2D eigenvalue weighted by Gasteiger charge is 2.14. The molecule has 0 spiro atoms. The standard InChI is InChI=1S/C11H17N5O2S/c12-7-9-6-10(8-15-9)19(17,18)16-3-1-2-11-13-4-5-14-11/h4-6,8,15-16H,1-3,7,12H2,(H,13,14). The Morgan fingerprint density at radius 3 is 2.84 bits per heavy atom. The van der Waals surface area contributed by atoms with Crippen molar-refractivity contribution < 1.29 is 8.42 Å². The van der Waals surface area contributed by atoms with Crippen LogP contribution in [0.2, 0.25) is 0 Å². The fourth-order valence-corrected chi connectivity index (χ4v) is 2.76. The monoisotopic (exact) mass is 283 g/mol. The first-order chi connectivity index (χ1) is 9.12. The van der Waals surface area contributed by atoms with Crippen LogP contribution in [0.3, 0.4) is 0 Å². The van der Waals surface area contributed by atoms with Crippen molar-refractivity contribution >= 4 is 10.0 Å². The molecular weight excluding hydrogens is 266 g/mol. The van der Waals surface area contributed by atoms with E-state index in [1.165, 1.54) is 12.3 Å². The number of nitrogens with two attached hydrogens (primary N) is 1. The number of H-pyrrole nitrogens is 2.